The monoisotopic (exact) mass is 336 g/mol. The average Bonchev–Trinajstić information content (AvgIpc) is 2.55. The molecule has 3 nitrogen and oxygen atoms in total. The Kier molecular flexibility index (Phi) is 6.62. The SMILES string of the molecule is COc1cccc(Sc2ccc(CC(=O)OCCCl)cc2)c1. The fourth-order valence-corrected chi connectivity index (χ4v) is 2.79. The minimum absolute atomic E-state index is 0.254. The highest BCUT2D eigenvalue weighted by Gasteiger charge is 2.05. The van der Waals surface area contributed by atoms with Gasteiger partial charge in [-0.05, 0) is 35.9 Å². The maximum Gasteiger partial charge on any atom is 0.310 e. The Morgan fingerprint density at radius 3 is 2.59 bits per heavy atom. The first-order chi connectivity index (χ1) is 10.7. The molecule has 0 bridgehead atoms. The van der Waals surface area contributed by atoms with E-state index in [1.807, 2.05) is 48.5 Å². The Morgan fingerprint density at radius 2 is 1.91 bits per heavy atom. The van der Waals surface area contributed by atoms with Gasteiger partial charge in [0.05, 0.1) is 19.4 Å². The van der Waals surface area contributed by atoms with Crippen molar-refractivity contribution in [3.05, 3.63) is 54.1 Å². The van der Waals surface area contributed by atoms with Gasteiger partial charge in [-0.1, -0.05) is 30.0 Å². The van der Waals surface area contributed by atoms with E-state index in [2.05, 4.69) is 0 Å². The molecule has 116 valence electrons. The maximum atomic E-state index is 11.5. The van der Waals surface area contributed by atoms with Gasteiger partial charge in [0.25, 0.3) is 0 Å². The van der Waals surface area contributed by atoms with Crippen LogP contribution in [-0.4, -0.2) is 25.6 Å². The molecule has 2 rings (SSSR count). The molecular formula is C17H17ClO3S. The number of carbonyl (C=O) groups excluding carboxylic acids is 1. The van der Waals surface area contributed by atoms with Crippen LogP contribution in [0, 0.1) is 0 Å². The summed E-state index contributed by atoms with van der Waals surface area (Å²) in [6, 6.07) is 15.8. The van der Waals surface area contributed by atoms with Crippen molar-refractivity contribution in [1.82, 2.24) is 0 Å². The highest BCUT2D eigenvalue weighted by Crippen LogP contribution is 2.30. The van der Waals surface area contributed by atoms with E-state index in [0.29, 0.717) is 5.88 Å². The van der Waals surface area contributed by atoms with E-state index >= 15 is 0 Å². The molecule has 0 atom stereocenters. The second-order valence-electron chi connectivity index (χ2n) is 4.51. The summed E-state index contributed by atoms with van der Waals surface area (Å²) in [7, 11) is 1.65. The molecule has 22 heavy (non-hydrogen) atoms. The molecule has 5 heteroatoms. The Hall–Kier alpha value is -1.65. The van der Waals surface area contributed by atoms with Gasteiger partial charge in [-0.2, -0.15) is 0 Å². The van der Waals surface area contributed by atoms with Crippen LogP contribution in [0.25, 0.3) is 0 Å². The van der Waals surface area contributed by atoms with Gasteiger partial charge >= 0.3 is 5.97 Å². The molecular weight excluding hydrogens is 320 g/mol. The smallest absolute Gasteiger partial charge is 0.310 e. The van der Waals surface area contributed by atoms with E-state index in [9.17, 15) is 4.79 Å². The molecule has 0 aliphatic rings. The first kappa shape index (κ1) is 16.7. The summed E-state index contributed by atoms with van der Waals surface area (Å²) in [6.45, 7) is 0.254. The van der Waals surface area contributed by atoms with Crippen molar-refractivity contribution in [2.45, 2.75) is 16.2 Å². The summed E-state index contributed by atoms with van der Waals surface area (Å²) in [5.41, 5.74) is 0.926. The second kappa shape index (κ2) is 8.71. The molecule has 0 radical (unpaired) electrons. The van der Waals surface area contributed by atoms with Crippen molar-refractivity contribution in [1.29, 1.82) is 0 Å². The molecule has 0 spiro atoms. The predicted octanol–water partition coefficient (Wildman–Crippen LogP) is 4.17. The lowest BCUT2D eigenvalue weighted by Crippen LogP contribution is -2.09. The van der Waals surface area contributed by atoms with Gasteiger partial charge < -0.3 is 9.47 Å². The molecule has 0 aliphatic heterocycles. The van der Waals surface area contributed by atoms with Crippen LogP contribution in [0.3, 0.4) is 0 Å². The van der Waals surface area contributed by atoms with Crippen LogP contribution >= 0.6 is 23.4 Å². The zero-order chi connectivity index (χ0) is 15.8. The number of rotatable bonds is 7. The number of ether oxygens (including phenoxy) is 2. The lowest BCUT2D eigenvalue weighted by molar-refractivity contribution is -0.142. The number of methoxy groups -OCH3 is 1. The highest BCUT2D eigenvalue weighted by atomic mass is 35.5. The number of hydrogen-bond acceptors (Lipinski definition) is 4. The minimum Gasteiger partial charge on any atom is -0.497 e. The van der Waals surface area contributed by atoms with Gasteiger partial charge in [0.15, 0.2) is 0 Å². The molecule has 0 saturated carbocycles. The van der Waals surface area contributed by atoms with E-state index in [1.54, 1.807) is 18.9 Å². The largest absolute Gasteiger partial charge is 0.497 e. The summed E-state index contributed by atoms with van der Waals surface area (Å²) in [5, 5.41) is 0. The summed E-state index contributed by atoms with van der Waals surface area (Å²) in [5.74, 6) is 0.902. The first-order valence-corrected chi connectivity index (χ1v) is 8.19. The fourth-order valence-electron chi connectivity index (χ4n) is 1.85. The predicted molar refractivity (Wildman–Crippen MR) is 88.9 cm³/mol. The fraction of sp³-hybridized carbons (Fsp3) is 0.235. The number of carbonyl (C=O) groups is 1. The van der Waals surface area contributed by atoms with E-state index in [1.165, 1.54) is 0 Å². The summed E-state index contributed by atoms with van der Waals surface area (Å²) < 4.78 is 10.2. The Bertz CT molecular complexity index is 614. The molecule has 0 heterocycles. The summed E-state index contributed by atoms with van der Waals surface area (Å²) >= 11 is 7.12. The summed E-state index contributed by atoms with van der Waals surface area (Å²) in [4.78, 5) is 13.7. The minimum atomic E-state index is -0.256. The van der Waals surface area contributed by atoms with Crippen LogP contribution in [0.5, 0.6) is 5.75 Å². The lowest BCUT2D eigenvalue weighted by atomic mass is 10.1. The Balaban J connectivity index is 1.95. The first-order valence-electron chi connectivity index (χ1n) is 6.83. The van der Waals surface area contributed by atoms with Crippen molar-refractivity contribution in [2.24, 2.45) is 0 Å². The quantitative estimate of drug-likeness (QED) is 0.561. The van der Waals surface area contributed by atoms with Crippen LogP contribution in [-0.2, 0) is 16.0 Å². The molecule has 0 amide bonds. The zero-order valence-electron chi connectivity index (χ0n) is 12.3. The van der Waals surface area contributed by atoms with E-state index in [0.717, 1.165) is 21.1 Å². The highest BCUT2D eigenvalue weighted by molar-refractivity contribution is 7.99. The topological polar surface area (TPSA) is 35.5 Å². The molecule has 2 aromatic carbocycles. The standard InChI is InChI=1S/C17H17ClO3S/c1-20-14-3-2-4-16(12-14)22-15-7-5-13(6-8-15)11-17(19)21-10-9-18/h2-8,12H,9-11H2,1H3. The van der Waals surface area contributed by atoms with Crippen LogP contribution in [0.4, 0.5) is 0 Å². The van der Waals surface area contributed by atoms with Crippen molar-refractivity contribution in [3.63, 3.8) is 0 Å². The lowest BCUT2D eigenvalue weighted by Gasteiger charge is -2.06. The van der Waals surface area contributed by atoms with Crippen molar-refractivity contribution < 1.29 is 14.3 Å². The third-order valence-corrected chi connectivity index (χ3v) is 4.04. The van der Waals surface area contributed by atoms with Crippen LogP contribution in [0.1, 0.15) is 5.56 Å². The molecule has 0 N–H and O–H groups in total. The van der Waals surface area contributed by atoms with Gasteiger partial charge in [-0.15, -0.1) is 11.6 Å². The number of alkyl halides is 1. The van der Waals surface area contributed by atoms with Crippen molar-refractivity contribution >= 4 is 29.3 Å². The normalized spacial score (nSPS) is 10.3. The molecule has 0 aliphatic carbocycles. The van der Waals surface area contributed by atoms with Gasteiger partial charge in [0.2, 0.25) is 0 Å². The van der Waals surface area contributed by atoms with E-state index in [-0.39, 0.29) is 19.0 Å². The third kappa shape index (κ3) is 5.28. The number of esters is 1. The molecule has 0 saturated heterocycles. The van der Waals surface area contributed by atoms with Crippen LogP contribution < -0.4 is 4.74 Å². The summed E-state index contributed by atoms with van der Waals surface area (Å²) in [6.07, 6.45) is 0.265. The van der Waals surface area contributed by atoms with Crippen molar-refractivity contribution in [3.8, 4) is 5.75 Å². The van der Waals surface area contributed by atoms with Gasteiger partial charge in [-0.25, -0.2) is 0 Å². The van der Waals surface area contributed by atoms with E-state index < -0.39 is 0 Å². The maximum absolute atomic E-state index is 11.5. The Labute approximate surface area is 139 Å². The van der Waals surface area contributed by atoms with Gasteiger partial charge in [0, 0.05) is 9.79 Å². The number of benzene rings is 2. The van der Waals surface area contributed by atoms with Gasteiger partial charge in [-0.3, -0.25) is 4.79 Å². The number of hydrogen-bond donors (Lipinski definition) is 0. The molecule has 2 aromatic rings. The second-order valence-corrected chi connectivity index (χ2v) is 6.04. The number of halogens is 1. The average molecular weight is 337 g/mol. The van der Waals surface area contributed by atoms with E-state index in [4.69, 9.17) is 21.1 Å². The van der Waals surface area contributed by atoms with Crippen molar-refractivity contribution in [2.75, 3.05) is 19.6 Å². The molecule has 0 unspecified atom stereocenters. The molecule has 0 fully saturated rings. The van der Waals surface area contributed by atoms with Gasteiger partial charge in [0.1, 0.15) is 12.4 Å². The Morgan fingerprint density at radius 1 is 1.14 bits per heavy atom. The van der Waals surface area contributed by atoms with Crippen LogP contribution in [0.2, 0.25) is 0 Å². The van der Waals surface area contributed by atoms with Crippen LogP contribution in [0.15, 0.2) is 58.3 Å². The third-order valence-electron chi connectivity index (χ3n) is 2.89. The molecule has 0 aromatic heterocycles. The zero-order valence-corrected chi connectivity index (χ0v) is 13.8.